The molecule has 2 N–H and O–H groups in total. The number of carbonyl (C=O) groups excluding carboxylic acids is 2. The molecule has 7 nitrogen and oxygen atoms in total. The molecule has 4 rings (SSSR count). The molecule has 3 aliphatic heterocycles. The summed E-state index contributed by atoms with van der Waals surface area (Å²) in [7, 11) is 0. The van der Waals surface area contributed by atoms with Crippen LogP contribution in [-0.2, 0) is 4.79 Å². The molecule has 3 heterocycles. The van der Waals surface area contributed by atoms with Gasteiger partial charge < -0.3 is 15.5 Å². The first kappa shape index (κ1) is 18.8. The van der Waals surface area contributed by atoms with Gasteiger partial charge in [-0.1, -0.05) is 13.8 Å². The van der Waals surface area contributed by atoms with Crippen LogP contribution in [0.1, 0.15) is 33.1 Å². The van der Waals surface area contributed by atoms with Crippen molar-refractivity contribution < 1.29 is 9.59 Å². The second kappa shape index (κ2) is 7.11. The fourth-order valence-corrected chi connectivity index (χ4v) is 4.47. The van der Waals surface area contributed by atoms with E-state index in [4.69, 9.17) is 10.7 Å². The van der Waals surface area contributed by atoms with E-state index in [2.05, 4.69) is 18.7 Å². The highest BCUT2D eigenvalue weighted by Crippen LogP contribution is 2.37. The third kappa shape index (κ3) is 2.93. The van der Waals surface area contributed by atoms with Gasteiger partial charge in [0.05, 0.1) is 6.54 Å². The predicted molar refractivity (Wildman–Crippen MR) is 110 cm³/mol. The van der Waals surface area contributed by atoms with Crippen LogP contribution in [0.15, 0.2) is 29.3 Å². The van der Waals surface area contributed by atoms with Gasteiger partial charge >= 0.3 is 6.03 Å². The zero-order valence-electron chi connectivity index (χ0n) is 16.6. The SMILES string of the molecule is CC(C)C1=NCCCN1c1ccc(N2C[C@@]3(C(N)=O)[CH]CCCN3C2=O)cc1. The summed E-state index contributed by atoms with van der Waals surface area (Å²) in [6.45, 7) is 6.99. The van der Waals surface area contributed by atoms with E-state index in [1.807, 2.05) is 30.7 Å². The lowest BCUT2D eigenvalue weighted by atomic mass is 9.87. The molecule has 7 heteroatoms. The molecule has 3 amide bonds. The van der Waals surface area contributed by atoms with Crippen LogP contribution in [0.5, 0.6) is 0 Å². The number of hydrogen-bond acceptors (Lipinski definition) is 4. The van der Waals surface area contributed by atoms with Crippen molar-refractivity contribution in [2.24, 2.45) is 16.6 Å². The van der Waals surface area contributed by atoms with E-state index >= 15 is 0 Å². The largest absolute Gasteiger partial charge is 0.368 e. The molecule has 0 aromatic heterocycles. The van der Waals surface area contributed by atoms with E-state index < -0.39 is 11.4 Å². The summed E-state index contributed by atoms with van der Waals surface area (Å²) in [5.74, 6) is 1.02. The number of hydrogen-bond donors (Lipinski definition) is 1. The highest BCUT2D eigenvalue weighted by Gasteiger charge is 2.55. The van der Waals surface area contributed by atoms with Crippen molar-refractivity contribution in [1.29, 1.82) is 0 Å². The second-order valence-electron chi connectivity index (χ2n) is 8.07. The maximum Gasteiger partial charge on any atom is 0.325 e. The van der Waals surface area contributed by atoms with Crippen molar-refractivity contribution in [3.8, 4) is 0 Å². The minimum atomic E-state index is -0.988. The molecule has 1 aromatic carbocycles. The average Bonchev–Trinajstić information content (AvgIpc) is 3.02. The zero-order valence-corrected chi connectivity index (χ0v) is 16.6. The van der Waals surface area contributed by atoms with Gasteiger partial charge in [0.15, 0.2) is 0 Å². The number of benzene rings is 1. The fraction of sp³-hybridized carbons (Fsp3) is 0.524. The number of nitrogens with two attached hydrogens (primary N) is 1. The Kier molecular flexibility index (Phi) is 4.77. The Balaban J connectivity index is 1.59. The molecule has 1 atom stereocenters. The first-order valence-electron chi connectivity index (χ1n) is 10.1. The van der Waals surface area contributed by atoms with Gasteiger partial charge in [-0.2, -0.15) is 0 Å². The lowest BCUT2D eigenvalue weighted by Gasteiger charge is -2.37. The molecule has 0 aliphatic carbocycles. The van der Waals surface area contributed by atoms with Crippen LogP contribution >= 0.6 is 0 Å². The fourth-order valence-electron chi connectivity index (χ4n) is 4.47. The smallest absolute Gasteiger partial charge is 0.325 e. The molecule has 3 aliphatic rings. The van der Waals surface area contributed by atoms with Gasteiger partial charge in [-0.3, -0.25) is 14.7 Å². The number of aliphatic imine (C=N–C) groups is 1. The number of primary amides is 1. The number of urea groups is 1. The Morgan fingerprint density at radius 1 is 1.11 bits per heavy atom. The van der Waals surface area contributed by atoms with Crippen LogP contribution in [0.4, 0.5) is 16.2 Å². The summed E-state index contributed by atoms with van der Waals surface area (Å²) < 4.78 is 0. The molecule has 0 bridgehead atoms. The van der Waals surface area contributed by atoms with Crippen LogP contribution in [-0.4, -0.2) is 54.4 Å². The van der Waals surface area contributed by atoms with Gasteiger partial charge in [0, 0.05) is 36.9 Å². The quantitative estimate of drug-likeness (QED) is 0.868. The summed E-state index contributed by atoms with van der Waals surface area (Å²) >= 11 is 0. The van der Waals surface area contributed by atoms with E-state index in [1.54, 1.807) is 9.80 Å². The monoisotopic (exact) mass is 382 g/mol. The van der Waals surface area contributed by atoms with Gasteiger partial charge in [-0.05, 0) is 49.9 Å². The van der Waals surface area contributed by atoms with E-state index in [9.17, 15) is 9.59 Å². The highest BCUT2D eigenvalue weighted by molar-refractivity contribution is 6.04. The van der Waals surface area contributed by atoms with Gasteiger partial charge in [-0.25, -0.2) is 4.79 Å². The summed E-state index contributed by atoms with van der Waals surface area (Å²) in [4.78, 5) is 35.4. The van der Waals surface area contributed by atoms with Crippen LogP contribution in [0.25, 0.3) is 0 Å². The Hall–Kier alpha value is -2.57. The summed E-state index contributed by atoms with van der Waals surface area (Å²) in [6, 6.07) is 7.82. The standard InChI is InChI=1S/C21H28N5O2/c1-15(2)18-23-11-5-12-24(18)16-6-8-17(9-7-16)25-14-21(19(22)27)10-3-4-13-26(21)20(25)28/h6-10,15H,3-5,11-14H2,1-2H3,(H2,22,27)/t21-/m1/s1. The van der Waals surface area contributed by atoms with Crippen molar-refractivity contribution in [2.75, 3.05) is 36.0 Å². The first-order chi connectivity index (χ1) is 13.4. The molecular formula is C21H28N5O2. The number of piperidine rings is 1. The summed E-state index contributed by atoms with van der Waals surface area (Å²) in [5, 5.41) is 0. The van der Waals surface area contributed by atoms with E-state index in [0.717, 1.165) is 49.6 Å². The lowest BCUT2D eigenvalue weighted by Crippen LogP contribution is -2.59. The van der Waals surface area contributed by atoms with Gasteiger partial charge in [0.1, 0.15) is 11.4 Å². The molecule has 0 saturated carbocycles. The number of amides is 3. The van der Waals surface area contributed by atoms with Crippen LogP contribution in [0.3, 0.4) is 0 Å². The molecule has 0 spiro atoms. The molecule has 1 radical (unpaired) electrons. The Labute approximate surface area is 166 Å². The topological polar surface area (TPSA) is 82.2 Å². The Morgan fingerprint density at radius 3 is 2.39 bits per heavy atom. The minimum Gasteiger partial charge on any atom is -0.368 e. The molecule has 28 heavy (non-hydrogen) atoms. The second-order valence-corrected chi connectivity index (χ2v) is 8.07. The van der Waals surface area contributed by atoms with Gasteiger partial charge in [0.2, 0.25) is 5.91 Å². The predicted octanol–water partition coefficient (Wildman–Crippen LogP) is 2.42. The number of rotatable bonds is 4. The zero-order chi connectivity index (χ0) is 19.9. The number of nitrogens with zero attached hydrogens (tertiary/aromatic N) is 4. The van der Waals surface area contributed by atoms with Gasteiger partial charge in [-0.15, -0.1) is 0 Å². The van der Waals surface area contributed by atoms with Gasteiger partial charge in [0.25, 0.3) is 0 Å². The molecular weight excluding hydrogens is 354 g/mol. The van der Waals surface area contributed by atoms with Crippen LogP contribution in [0.2, 0.25) is 0 Å². The normalized spacial score (nSPS) is 25.2. The number of carbonyl (C=O) groups is 2. The third-order valence-electron chi connectivity index (χ3n) is 5.92. The summed E-state index contributed by atoms with van der Waals surface area (Å²) in [5.41, 5.74) is 6.58. The average molecular weight is 382 g/mol. The highest BCUT2D eigenvalue weighted by atomic mass is 16.2. The molecule has 2 fully saturated rings. The van der Waals surface area contributed by atoms with E-state index in [-0.39, 0.29) is 12.6 Å². The minimum absolute atomic E-state index is 0.148. The molecule has 149 valence electrons. The van der Waals surface area contributed by atoms with Crippen molar-refractivity contribution in [3.63, 3.8) is 0 Å². The Morgan fingerprint density at radius 2 is 1.79 bits per heavy atom. The number of amidine groups is 1. The van der Waals surface area contributed by atoms with Crippen molar-refractivity contribution in [2.45, 2.75) is 38.6 Å². The Bertz CT molecular complexity index is 804. The first-order valence-corrected chi connectivity index (χ1v) is 10.1. The number of fused-ring (bicyclic) bond motifs is 1. The van der Waals surface area contributed by atoms with E-state index in [0.29, 0.717) is 12.5 Å². The van der Waals surface area contributed by atoms with Crippen molar-refractivity contribution in [3.05, 3.63) is 30.7 Å². The van der Waals surface area contributed by atoms with Crippen molar-refractivity contribution in [1.82, 2.24) is 4.90 Å². The van der Waals surface area contributed by atoms with E-state index in [1.165, 1.54) is 0 Å². The van der Waals surface area contributed by atoms with Crippen molar-refractivity contribution >= 4 is 29.1 Å². The maximum absolute atomic E-state index is 13.0. The lowest BCUT2D eigenvalue weighted by molar-refractivity contribution is -0.126. The third-order valence-corrected chi connectivity index (χ3v) is 5.92. The van der Waals surface area contributed by atoms with Crippen LogP contribution < -0.4 is 15.5 Å². The molecule has 1 aromatic rings. The number of anilines is 2. The maximum atomic E-state index is 13.0. The van der Waals surface area contributed by atoms with Crippen LogP contribution in [0, 0.1) is 12.3 Å². The molecule has 2 saturated heterocycles. The molecule has 0 unspecified atom stereocenters. The summed E-state index contributed by atoms with van der Waals surface area (Å²) in [6.07, 6.45) is 4.60.